The van der Waals surface area contributed by atoms with Gasteiger partial charge in [0.25, 0.3) is 0 Å². The molecular formula is C20H36O10. The van der Waals surface area contributed by atoms with Gasteiger partial charge >= 0.3 is 23.9 Å². The summed E-state index contributed by atoms with van der Waals surface area (Å²) in [6, 6.07) is 0. The lowest BCUT2D eigenvalue weighted by molar-refractivity contribution is -0.132. The van der Waals surface area contributed by atoms with Crippen molar-refractivity contribution < 1.29 is 49.8 Å². The fourth-order valence-electron chi connectivity index (χ4n) is 0.316. The van der Waals surface area contributed by atoms with Crippen LogP contribution in [0.1, 0.15) is 39.5 Å². The van der Waals surface area contributed by atoms with Gasteiger partial charge in [-0.1, -0.05) is 53.0 Å². The smallest absolute Gasteiger partial charge is 0.327 e. The Morgan fingerprint density at radius 3 is 0.700 bits per heavy atom. The van der Waals surface area contributed by atoms with Gasteiger partial charge in [0.2, 0.25) is 0 Å². The molecule has 176 valence electrons. The first-order valence-electron chi connectivity index (χ1n) is 8.55. The van der Waals surface area contributed by atoms with Crippen molar-refractivity contribution in [3.05, 3.63) is 50.6 Å². The zero-order valence-corrected chi connectivity index (χ0v) is 17.7. The highest BCUT2D eigenvalue weighted by Crippen LogP contribution is 1.79. The molecule has 0 fully saturated rings. The van der Waals surface area contributed by atoms with Crippen LogP contribution in [0.3, 0.4) is 0 Å². The van der Waals surface area contributed by atoms with Gasteiger partial charge in [-0.3, -0.25) is 0 Å². The molecule has 10 heteroatoms. The van der Waals surface area contributed by atoms with Crippen molar-refractivity contribution in [1.29, 1.82) is 0 Å². The summed E-state index contributed by atoms with van der Waals surface area (Å²) in [5.74, 6) is -3.93. The van der Waals surface area contributed by atoms with E-state index in [0.29, 0.717) is 13.2 Å². The molecule has 0 aliphatic rings. The van der Waals surface area contributed by atoms with Crippen LogP contribution in [0.4, 0.5) is 0 Å². The van der Waals surface area contributed by atoms with Crippen LogP contribution < -0.4 is 0 Å². The SMILES string of the molecule is C=CC(=O)O.C=CC(=O)O.C=CC(=O)O.C=CC(=O)O.CCCCO.CCCCO. The van der Waals surface area contributed by atoms with E-state index in [1.165, 1.54) is 0 Å². The van der Waals surface area contributed by atoms with E-state index in [4.69, 9.17) is 30.6 Å². The van der Waals surface area contributed by atoms with E-state index in [1.807, 2.05) is 0 Å². The fourth-order valence-corrected chi connectivity index (χ4v) is 0.316. The van der Waals surface area contributed by atoms with Gasteiger partial charge < -0.3 is 30.6 Å². The third kappa shape index (κ3) is 182. The van der Waals surface area contributed by atoms with Crippen molar-refractivity contribution in [1.82, 2.24) is 0 Å². The molecule has 0 aliphatic carbocycles. The molecule has 0 amide bonds. The molecule has 0 unspecified atom stereocenters. The first-order chi connectivity index (χ1) is 13.9. The Balaban J connectivity index is -0.0000000576. The summed E-state index contributed by atoms with van der Waals surface area (Å²) in [5, 5.41) is 46.5. The summed E-state index contributed by atoms with van der Waals surface area (Å²) in [4.78, 5) is 37.0. The van der Waals surface area contributed by atoms with E-state index in [0.717, 1.165) is 50.0 Å². The monoisotopic (exact) mass is 436 g/mol. The first kappa shape index (κ1) is 41.2. The van der Waals surface area contributed by atoms with Crippen LogP contribution in [-0.4, -0.2) is 67.7 Å². The number of hydrogen-bond acceptors (Lipinski definition) is 6. The first-order valence-corrected chi connectivity index (χ1v) is 8.55. The number of hydrogen-bond donors (Lipinski definition) is 6. The van der Waals surface area contributed by atoms with Crippen molar-refractivity contribution in [3.8, 4) is 0 Å². The highest BCUT2D eigenvalue weighted by molar-refractivity contribution is 5.79. The minimum absolute atomic E-state index is 0.344. The van der Waals surface area contributed by atoms with Gasteiger partial charge in [0, 0.05) is 37.5 Å². The van der Waals surface area contributed by atoms with E-state index in [-0.39, 0.29) is 0 Å². The lowest BCUT2D eigenvalue weighted by atomic mass is 10.4. The van der Waals surface area contributed by atoms with Crippen LogP contribution in [0, 0.1) is 0 Å². The molecular weight excluding hydrogens is 400 g/mol. The summed E-state index contributed by atoms with van der Waals surface area (Å²) in [5.41, 5.74) is 0. The summed E-state index contributed by atoms with van der Waals surface area (Å²) < 4.78 is 0. The number of carboxylic acid groups (broad SMARTS) is 4. The van der Waals surface area contributed by atoms with Gasteiger partial charge in [-0.05, 0) is 12.8 Å². The van der Waals surface area contributed by atoms with Gasteiger partial charge in [-0.25, -0.2) is 19.2 Å². The van der Waals surface area contributed by atoms with Crippen molar-refractivity contribution in [3.63, 3.8) is 0 Å². The lowest BCUT2D eigenvalue weighted by Gasteiger charge is -1.79. The molecule has 0 bridgehead atoms. The van der Waals surface area contributed by atoms with Crippen LogP contribution in [0.25, 0.3) is 0 Å². The Kier molecular flexibility index (Phi) is 61.6. The molecule has 0 aliphatic heterocycles. The maximum absolute atomic E-state index is 9.25. The van der Waals surface area contributed by atoms with Crippen LogP contribution in [-0.2, 0) is 19.2 Å². The number of carboxylic acids is 4. The molecule has 0 spiro atoms. The second-order valence-corrected chi connectivity index (χ2v) is 4.32. The minimum Gasteiger partial charge on any atom is -0.478 e. The predicted octanol–water partition coefficient (Wildman–Crippen LogP) is 2.59. The third-order valence-electron chi connectivity index (χ3n) is 1.72. The highest BCUT2D eigenvalue weighted by Gasteiger charge is 1.75. The van der Waals surface area contributed by atoms with Crippen molar-refractivity contribution in [2.45, 2.75) is 39.5 Å². The summed E-state index contributed by atoms with van der Waals surface area (Å²) >= 11 is 0. The van der Waals surface area contributed by atoms with Gasteiger partial charge in [0.05, 0.1) is 0 Å². The number of aliphatic carboxylic acids is 4. The van der Waals surface area contributed by atoms with Crippen LogP contribution in [0.2, 0.25) is 0 Å². The molecule has 0 atom stereocenters. The number of unbranched alkanes of at least 4 members (excludes halogenated alkanes) is 2. The molecule has 0 aromatic heterocycles. The molecule has 0 radical (unpaired) electrons. The molecule has 10 nitrogen and oxygen atoms in total. The highest BCUT2D eigenvalue weighted by atomic mass is 16.4. The Morgan fingerprint density at radius 2 is 0.700 bits per heavy atom. The Hall–Kier alpha value is -3.24. The van der Waals surface area contributed by atoms with E-state index in [1.54, 1.807) is 0 Å². The predicted molar refractivity (Wildman–Crippen MR) is 115 cm³/mol. The average Bonchev–Trinajstić information content (AvgIpc) is 2.71. The van der Waals surface area contributed by atoms with Crippen LogP contribution >= 0.6 is 0 Å². The van der Waals surface area contributed by atoms with Crippen molar-refractivity contribution >= 4 is 23.9 Å². The minimum atomic E-state index is -0.981. The standard InChI is InChI=1S/2C4H10O.4C3H4O2/c2*1-2-3-4-5;4*1-2-3(4)5/h2*5H,2-4H2,1H3;4*2H,1H2,(H,4,5). The molecule has 0 heterocycles. The van der Waals surface area contributed by atoms with Gasteiger partial charge in [0.15, 0.2) is 0 Å². The normalized spacial score (nSPS) is 7.07. The summed E-state index contributed by atoms with van der Waals surface area (Å²) in [6.45, 7) is 16.6. The fraction of sp³-hybridized carbons (Fsp3) is 0.400. The molecule has 6 N–H and O–H groups in total. The molecule has 0 saturated heterocycles. The van der Waals surface area contributed by atoms with Gasteiger partial charge in [-0.2, -0.15) is 0 Å². The maximum atomic E-state index is 9.25. The van der Waals surface area contributed by atoms with Gasteiger partial charge in [-0.15, -0.1) is 0 Å². The molecule has 0 aromatic carbocycles. The van der Waals surface area contributed by atoms with Gasteiger partial charge in [0.1, 0.15) is 0 Å². The number of aliphatic hydroxyl groups excluding tert-OH is 2. The second kappa shape index (κ2) is 44.9. The Morgan fingerprint density at radius 1 is 0.567 bits per heavy atom. The van der Waals surface area contributed by atoms with Crippen molar-refractivity contribution in [2.75, 3.05) is 13.2 Å². The zero-order valence-electron chi connectivity index (χ0n) is 17.7. The topological polar surface area (TPSA) is 190 Å². The van der Waals surface area contributed by atoms with E-state index >= 15 is 0 Å². The maximum Gasteiger partial charge on any atom is 0.327 e. The molecule has 30 heavy (non-hydrogen) atoms. The number of rotatable bonds is 8. The number of aliphatic hydroxyl groups is 2. The second-order valence-electron chi connectivity index (χ2n) is 4.32. The van der Waals surface area contributed by atoms with E-state index < -0.39 is 23.9 Å². The number of carbonyl (C=O) groups is 4. The van der Waals surface area contributed by atoms with E-state index in [9.17, 15) is 19.2 Å². The lowest BCUT2D eigenvalue weighted by Crippen LogP contribution is -1.82. The Labute approximate surface area is 177 Å². The molecule has 0 rings (SSSR count). The zero-order chi connectivity index (χ0) is 25.4. The third-order valence-corrected chi connectivity index (χ3v) is 1.72. The summed E-state index contributed by atoms with van der Waals surface area (Å²) in [6.07, 6.45) is 7.41. The quantitative estimate of drug-likeness (QED) is 0.308. The molecule has 0 saturated carbocycles. The van der Waals surface area contributed by atoms with E-state index in [2.05, 4.69) is 40.2 Å². The average molecular weight is 436 g/mol. The largest absolute Gasteiger partial charge is 0.478 e. The van der Waals surface area contributed by atoms with Crippen LogP contribution in [0.15, 0.2) is 50.6 Å². The summed E-state index contributed by atoms with van der Waals surface area (Å²) in [7, 11) is 0. The van der Waals surface area contributed by atoms with Crippen molar-refractivity contribution in [2.24, 2.45) is 0 Å². The molecule has 0 aromatic rings. The van der Waals surface area contributed by atoms with Crippen LogP contribution in [0.5, 0.6) is 0 Å². The Bertz CT molecular complexity index is 375.